The fraction of sp³-hybridized carbons (Fsp3) is 0.167. The van der Waals surface area contributed by atoms with E-state index in [-0.39, 0.29) is 6.42 Å². The van der Waals surface area contributed by atoms with Crippen LogP contribution in [0.25, 0.3) is 0 Å². The number of amides is 2. The highest BCUT2D eigenvalue weighted by atomic mass is 16.2. The Morgan fingerprint density at radius 3 is 2.21 bits per heavy atom. The molecule has 0 bridgehead atoms. The lowest BCUT2D eigenvalue weighted by molar-refractivity contribution is -0.123. The monoisotopic (exact) mass is 322 g/mol. The molecule has 122 valence electrons. The van der Waals surface area contributed by atoms with Crippen LogP contribution in [0.15, 0.2) is 48.5 Å². The van der Waals surface area contributed by atoms with Gasteiger partial charge in [0.25, 0.3) is 0 Å². The number of hydrogen-bond acceptors (Lipinski definition) is 4. The second-order valence-electron chi connectivity index (χ2n) is 5.41. The maximum atomic E-state index is 11.9. The van der Waals surface area contributed by atoms with Crippen LogP contribution in [-0.2, 0) is 9.59 Å². The van der Waals surface area contributed by atoms with Gasteiger partial charge in [0.2, 0.25) is 11.8 Å². The lowest BCUT2D eigenvalue weighted by atomic mass is 10.2. The quantitative estimate of drug-likeness (QED) is 0.829. The van der Waals surface area contributed by atoms with Gasteiger partial charge in [0.15, 0.2) is 0 Å². The molecule has 0 aliphatic rings. The highest BCUT2D eigenvalue weighted by Gasteiger charge is 2.10. The third kappa shape index (κ3) is 4.85. The highest BCUT2D eigenvalue weighted by molar-refractivity contribution is 6.08. The fourth-order valence-electron chi connectivity index (χ4n) is 2.07. The van der Waals surface area contributed by atoms with Gasteiger partial charge in [0, 0.05) is 31.2 Å². The molecule has 0 radical (unpaired) electrons. The van der Waals surface area contributed by atoms with Crippen molar-refractivity contribution in [1.29, 1.82) is 5.26 Å². The van der Waals surface area contributed by atoms with E-state index < -0.39 is 11.8 Å². The maximum Gasteiger partial charge on any atom is 0.233 e. The Morgan fingerprint density at radius 2 is 1.62 bits per heavy atom. The van der Waals surface area contributed by atoms with Gasteiger partial charge in [-0.3, -0.25) is 9.59 Å². The minimum Gasteiger partial charge on any atom is -0.378 e. The zero-order chi connectivity index (χ0) is 17.5. The van der Waals surface area contributed by atoms with Gasteiger partial charge in [-0.05, 0) is 42.5 Å². The maximum absolute atomic E-state index is 11.9. The topological polar surface area (TPSA) is 85.2 Å². The molecule has 2 aromatic rings. The number of nitrogens with zero attached hydrogens (tertiary/aromatic N) is 2. The first-order chi connectivity index (χ1) is 11.5. The summed E-state index contributed by atoms with van der Waals surface area (Å²) in [5.74, 6) is -0.839. The van der Waals surface area contributed by atoms with Crippen LogP contribution in [0.1, 0.15) is 12.0 Å². The van der Waals surface area contributed by atoms with Crippen LogP contribution < -0.4 is 15.5 Å². The molecule has 0 aliphatic carbocycles. The molecule has 2 N–H and O–H groups in total. The second-order valence-corrected chi connectivity index (χ2v) is 5.41. The molecule has 0 fully saturated rings. The van der Waals surface area contributed by atoms with Crippen LogP contribution in [0, 0.1) is 11.3 Å². The van der Waals surface area contributed by atoms with Crippen molar-refractivity contribution in [2.45, 2.75) is 6.42 Å². The van der Waals surface area contributed by atoms with Crippen molar-refractivity contribution in [3.8, 4) is 6.07 Å². The molecule has 0 heterocycles. The number of benzene rings is 2. The number of nitrogens with one attached hydrogen (secondary N) is 2. The lowest BCUT2D eigenvalue weighted by Gasteiger charge is -2.13. The first-order valence-electron chi connectivity index (χ1n) is 7.35. The molecule has 6 heteroatoms. The molecule has 0 saturated carbocycles. The molecule has 0 aromatic heterocycles. The Balaban J connectivity index is 1.89. The predicted octanol–water partition coefficient (Wildman–Crippen LogP) is 2.59. The van der Waals surface area contributed by atoms with Gasteiger partial charge in [0.05, 0.1) is 11.6 Å². The van der Waals surface area contributed by atoms with E-state index in [0.717, 1.165) is 5.69 Å². The summed E-state index contributed by atoms with van der Waals surface area (Å²) in [4.78, 5) is 25.8. The molecule has 24 heavy (non-hydrogen) atoms. The van der Waals surface area contributed by atoms with Crippen molar-refractivity contribution in [2.24, 2.45) is 0 Å². The average molecular weight is 322 g/mol. The summed E-state index contributed by atoms with van der Waals surface area (Å²) in [6.45, 7) is 0. The number of anilines is 3. The van der Waals surface area contributed by atoms with Crippen LogP contribution >= 0.6 is 0 Å². The van der Waals surface area contributed by atoms with Crippen molar-refractivity contribution in [3.05, 3.63) is 54.1 Å². The number of rotatable bonds is 5. The zero-order valence-corrected chi connectivity index (χ0v) is 13.5. The minimum absolute atomic E-state index is 0.299. The first kappa shape index (κ1) is 17.0. The number of hydrogen-bond donors (Lipinski definition) is 2. The largest absolute Gasteiger partial charge is 0.378 e. The van der Waals surface area contributed by atoms with Crippen molar-refractivity contribution in [3.63, 3.8) is 0 Å². The van der Waals surface area contributed by atoms with Gasteiger partial charge in [-0.15, -0.1) is 0 Å². The van der Waals surface area contributed by atoms with Crippen molar-refractivity contribution in [2.75, 3.05) is 29.6 Å². The molecule has 2 rings (SSSR count). The second kappa shape index (κ2) is 7.79. The van der Waals surface area contributed by atoms with Gasteiger partial charge < -0.3 is 15.5 Å². The zero-order valence-electron chi connectivity index (χ0n) is 13.5. The summed E-state index contributed by atoms with van der Waals surface area (Å²) in [6, 6.07) is 15.8. The molecular formula is C18H18N4O2. The van der Waals surface area contributed by atoms with E-state index in [0.29, 0.717) is 16.9 Å². The predicted molar refractivity (Wildman–Crippen MR) is 93.8 cm³/mol. The number of carbonyl (C=O) groups is 2. The van der Waals surface area contributed by atoms with E-state index in [1.165, 1.54) is 0 Å². The molecular weight excluding hydrogens is 304 g/mol. The summed E-state index contributed by atoms with van der Waals surface area (Å²) in [7, 11) is 3.86. The summed E-state index contributed by atoms with van der Waals surface area (Å²) < 4.78 is 0. The van der Waals surface area contributed by atoms with E-state index in [1.807, 2.05) is 37.2 Å². The fourth-order valence-corrected chi connectivity index (χ4v) is 2.07. The number of nitriles is 1. The van der Waals surface area contributed by atoms with E-state index in [2.05, 4.69) is 10.6 Å². The van der Waals surface area contributed by atoms with Crippen molar-refractivity contribution < 1.29 is 9.59 Å². The van der Waals surface area contributed by atoms with Crippen LogP contribution in [0.3, 0.4) is 0 Å². The van der Waals surface area contributed by atoms with E-state index in [4.69, 9.17) is 5.26 Å². The first-order valence-corrected chi connectivity index (χ1v) is 7.35. The molecule has 2 aromatic carbocycles. The normalized spacial score (nSPS) is 9.71. The van der Waals surface area contributed by atoms with Gasteiger partial charge in [0.1, 0.15) is 6.42 Å². The van der Waals surface area contributed by atoms with E-state index in [9.17, 15) is 9.59 Å². The molecule has 0 saturated heterocycles. The molecule has 0 spiro atoms. The Kier molecular flexibility index (Phi) is 5.53. The van der Waals surface area contributed by atoms with E-state index in [1.54, 1.807) is 36.4 Å². The van der Waals surface area contributed by atoms with Crippen LogP contribution in [-0.4, -0.2) is 25.9 Å². The SMILES string of the molecule is CN(C)c1ccc(NC(=O)CC(=O)Nc2cccc(C#N)c2)cc1. The van der Waals surface area contributed by atoms with Gasteiger partial charge >= 0.3 is 0 Å². The third-order valence-corrected chi connectivity index (χ3v) is 3.26. The summed E-state index contributed by atoms with van der Waals surface area (Å²) >= 11 is 0. The lowest BCUT2D eigenvalue weighted by Crippen LogP contribution is -2.21. The number of carbonyl (C=O) groups excluding carboxylic acids is 2. The van der Waals surface area contributed by atoms with Crippen LogP contribution in [0.2, 0.25) is 0 Å². The standard InChI is InChI=1S/C18H18N4O2/c1-22(2)16-8-6-14(7-9-16)20-17(23)11-18(24)21-15-5-3-4-13(10-15)12-19/h3-10H,11H2,1-2H3,(H,20,23)(H,21,24). The molecule has 0 atom stereocenters. The van der Waals surface area contributed by atoms with Crippen molar-refractivity contribution >= 4 is 28.9 Å². The summed E-state index contributed by atoms with van der Waals surface area (Å²) in [5, 5.41) is 14.1. The minimum atomic E-state index is -0.437. The van der Waals surface area contributed by atoms with Crippen LogP contribution in [0.5, 0.6) is 0 Å². The average Bonchev–Trinajstić information content (AvgIpc) is 2.55. The summed E-state index contributed by atoms with van der Waals surface area (Å²) in [6.07, 6.45) is -0.299. The van der Waals surface area contributed by atoms with Gasteiger partial charge in [-0.1, -0.05) is 6.07 Å². The molecule has 0 aliphatic heterocycles. The Hall–Kier alpha value is -3.33. The van der Waals surface area contributed by atoms with Crippen LogP contribution in [0.4, 0.5) is 17.1 Å². The summed E-state index contributed by atoms with van der Waals surface area (Å²) in [5.41, 5.74) is 2.58. The van der Waals surface area contributed by atoms with Gasteiger partial charge in [-0.25, -0.2) is 0 Å². The van der Waals surface area contributed by atoms with Gasteiger partial charge in [-0.2, -0.15) is 5.26 Å². The third-order valence-electron chi connectivity index (χ3n) is 3.26. The molecule has 2 amide bonds. The smallest absolute Gasteiger partial charge is 0.233 e. The molecule has 0 unspecified atom stereocenters. The van der Waals surface area contributed by atoms with Crippen molar-refractivity contribution in [1.82, 2.24) is 0 Å². The highest BCUT2D eigenvalue weighted by Crippen LogP contribution is 2.16. The van der Waals surface area contributed by atoms with E-state index >= 15 is 0 Å². The Morgan fingerprint density at radius 1 is 1.00 bits per heavy atom. The molecule has 6 nitrogen and oxygen atoms in total. The Bertz CT molecular complexity index is 776. The Labute approximate surface area is 140 Å².